The van der Waals surface area contributed by atoms with E-state index in [0.29, 0.717) is 29.5 Å². The van der Waals surface area contributed by atoms with E-state index in [9.17, 15) is 13.2 Å². The second-order valence-electron chi connectivity index (χ2n) is 5.98. The van der Waals surface area contributed by atoms with Crippen molar-refractivity contribution < 1.29 is 27.4 Å². The number of amides is 1. The molecule has 29 heavy (non-hydrogen) atoms. The Labute approximate surface area is 170 Å². The van der Waals surface area contributed by atoms with Gasteiger partial charge in [0.15, 0.2) is 11.5 Å². The van der Waals surface area contributed by atoms with Crippen molar-refractivity contribution in [2.75, 3.05) is 43.2 Å². The van der Waals surface area contributed by atoms with Gasteiger partial charge in [-0.25, -0.2) is 8.42 Å². The predicted octanol–water partition coefficient (Wildman–Crippen LogP) is 2.67. The Hall–Kier alpha value is -3.20. The first-order valence-electron chi connectivity index (χ1n) is 8.62. The van der Waals surface area contributed by atoms with E-state index in [2.05, 4.69) is 11.9 Å². The topological polar surface area (TPSA) is 94.2 Å². The highest BCUT2D eigenvalue weighted by Gasteiger charge is 2.22. The summed E-state index contributed by atoms with van der Waals surface area (Å²) in [7, 11) is -0.795. The molecular weight excluding hydrogens is 396 g/mol. The minimum absolute atomic E-state index is 0.286. The van der Waals surface area contributed by atoms with Crippen LogP contribution in [0, 0.1) is 0 Å². The molecule has 0 atom stereocenters. The molecule has 2 rings (SSSR count). The van der Waals surface area contributed by atoms with Crippen LogP contribution in [-0.2, 0) is 14.8 Å². The average Bonchev–Trinajstić information content (AvgIpc) is 2.70. The zero-order valence-electron chi connectivity index (χ0n) is 16.5. The molecule has 0 saturated heterocycles. The molecule has 0 aromatic heterocycles. The van der Waals surface area contributed by atoms with Crippen molar-refractivity contribution in [3.8, 4) is 17.2 Å². The molecule has 0 spiro atoms. The molecule has 0 unspecified atom stereocenters. The lowest BCUT2D eigenvalue weighted by Crippen LogP contribution is -2.37. The Morgan fingerprint density at radius 1 is 1.10 bits per heavy atom. The van der Waals surface area contributed by atoms with Gasteiger partial charge in [0.25, 0.3) is 0 Å². The number of rotatable bonds is 10. The molecule has 0 saturated carbocycles. The lowest BCUT2D eigenvalue weighted by Gasteiger charge is -2.23. The van der Waals surface area contributed by atoms with E-state index in [0.717, 1.165) is 10.6 Å². The van der Waals surface area contributed by atoms with Gasteiger partial charge in [-0.05, 0) is 36.4 Å². The summed E-state index contributed by atoms with van der Waals surface area (Å²) in [6.45, 7) is 3.55. The second kappa shape index (κ2) is 9.83. The first-order valence-corrected chi connectivity index (χ1v) is 10.5. The third-order valence-electron chi connectivity index (χ3n) is 3.85. The largest absolute Gasteiger partial charge is 0.493 e. The molecule has 1 N–H and O–H groups in total. The van der Waals surface area contributed by atoms with Crippen LogP contribution in [0.25, 0.3) is 0 Å². The van der Waals surface area contributed by atoms with Crippen LogP contribution in [0.4, 0.5) is 11.4 Å². The highest BCUT2D eigenvalue weighted by Crippen LogP contribution is 2.32. The summed E-state index contributed by atoms with van der Waals surface area (Å²) in [5.41, 5.74) is 0.801. The van der Waals surface area contributed by atoms with Gasteiger partial charge >= 0.3 is 0 Å². The summed E-state index contributed by atoms with van der Waals surface area (Å²) in [6.07, 6.45) is 2.66. The van der Waals surface area contributed by atoms with Crippen molar-refractivity contribution in [3.05, 3.63) is 55.1 Å². The summed E-state index contributed by atoms with van der Waals surface area (Å²) in [5.74, 6) is 0.943. The normalized spacial score (nSPS) is 10.7. The van der Waals surface area contributed by atoms with Gasteiger partial charge in [0.1, 0.15) is 18.9 Å². The third kappa shape index (κ3) is 6.15. The molecule has 0 radical (unpaired) electrons. The number of anilines is 2. The maximum Gasteiger partial charge on any atom is 0.245 e. The number of ether oxygens (including phenoxy) is 3. The monoisotopic (exact) mass is 420 g/mol. The van der Waals surface area contributed by atoms with Crippen molar-refractivity contribution in [2.45, 2.75) is 0 Å². The summed E-state index contributed by atoms with van der Waals surface area (Å²) < 4.78 is 41.3. The van der Waals surface area contributed by atoms with Crippen LogP contribution in [0.3, 0.4) is 0 Å². The number of carbonyl (C=O) groups is 1. The fourth-order valence-corrected chi connectivity index (χ4v) is 3.35. The number of hydrogen-bond donors (Lipinski definition) is 1. The van der Waals surface area contributed by atoms with Crippen LogP contribution in [0.5, 0.6) is 17.2 Å². The molecular formula is C20H24N2O6S. The third-order valence-corrected chi connectivity index (χ3v) is 4.99. The second-order valence-corrected chi connectivity index (χ2v) is 7.89. The van der Waals surface area contributed by atoms with Gasteiger partial charge in [-0.1, -0.05) is 12.7 Å². The molecule has 0 aliphatic carbocycles. The van der Waals surface area contributed by atoms with Crippen molar-refractivity contribution in [2.24, 2.45) is 0 Å². The van der Waals surface area contributed by atoms with Crippen molar-refractivity contribution in [1.29, 1.82) is 0 Å². The van der Waals surface area contributed by atoms with Crippen LogP contribution in [0.2, 0.25) is 0 Å². The van der Waals surface area contributed by atoms with E-state index in [1.165, 1.54) is 20.3 Å². The molecule has 156 valence electrons. The lowest BCUT2D eigenvalue weighted by molar-refractivity contribution is -0.114. The molecule has 0 bridgehead atoms. The first-order chi connectivity index (χ1) is 13.8. The maximum absolute atomic E-state index is 12.5. The van der Waals surface area contributed by atoms with E-state index < -0.39 is 22.5 Å². The van der Waals surface area contributed by atoms with Gasteiger partial charge in [-0.15, -0.1) is 0 Å². The van der Waals surface area contributed by atoms with E-state index in [1.807, 2.05) is 0 Å². The van der Waals surface area contributed by atoms with Crippen molar-refractivity contribution in [3.63, 3.8) is 0 Å². The number of sulfonamides is 1. The summed E-state index contributed by atoms with van der Waals surface area (Å²) in [5, 5.41) is 2.67. The maximum atomic E-state index is 12.5. The number of carbonyl (C=O) groups excluding carboxylic acids is 1. The van der Waals surface area contributed by atoms with Crippen LogP contribution in [-0.4, -0.2) is 48.0 Å². The fourth-order valence-electron chi connectivity index (χ4n) is 2.50. The minimum Gasteiger partial charge on any atom is -0.493 e. The van der Waals surface area contributed by atoms with Crippen LogP contribution >= 0.6 is 0 Å². The minimum atomic E-state index is -3.72. The SMILES string of the molecule is C=CCOc1ccc(NC(=O)CN(c2ccc(OC)c(OC)c2)S(C)(=O)=O)cc1. The van der Waals surface area contributed by atoms with Crippen LogP contribution in [0.1, 0.15) is 0 Å². The number of nitrogens with zero attached hydrogens (tertiary/aromatic N) is 1. The molecule has 1 amide bonds. The highest BCUT2D eigenvalue weighted by molar-refractivity contribution is 7.92. The van der Waals surface area contributed by atoms with E-state index in [4.69, 9.17) is 14.2 Å². The Morgan fingerprint density at radius 2 is 1.76 bits per heavy atom. The van der Waals surface area contributed by atoms with Crippen LogP contribution in [0.15, 0.2) is 55.1 Å². The fraction of sp³-hybridized carbons (Fsp3) is 0.250. The summed E-state index contributed by atoms with van der Waals surface area (Å²) in [4.78, 5) is 12.5. The molecule has 2 aromatic carbocycles. The molecule has 0 fully saturated rings. The smallest absolute Gasteiger partial charge is 0.245 e. The first kappa shape index (κ1) is 22.1. The number of methoxy groups -OCH3 is 2. The van der Waals surface area contributed by atoms with Gasteiger partial charge in [-0.3, -0.25) is 9.10 Å². The Morgan fingerprint density at radius 3 is 2.31 bits per heavy atom. The molecule has 2 aromatic rings. The van der Waals surface area contributed by atoms with Crippen molar-refractivity contribution >= 4 is 27.3 Å². The Kier molecular flexibility index (Phi) is 7.49. The van der Waals surface area contributed by atoms with Gasteiger partial charge in [0, 0.05) is 11.8 Å². The molecule has 8 nitrogen and oxygen atoms in total. The van der Waals surface area contributed by atoms with E-state index in [1.54, 1.807) is 42.5 Å². The zero-order valence-corrected chi connectivity index (χ0v) is 17.4. The number of nitrogens with one attached hydrogen (secondary N) is 1. The summed E-state index contributed by atoms with van der Waals surface area (Å²) >= 11 is 0. The van der Waals surface area contributed by atoms with Gasteiger partial charge in [-0.2, -0.15) is 0 Å². The Balaban J connectivity index is 2.16. The zero-order chi connectivity index (χ0) is 21.4. The predicted molar refractivity (Wildman–Crippen MR) is 112 cm³/mol. The highest BCUT2D eigenvalue weighted by atomic mass is 32.2. The molecule has 0 aliphatic rings. The van der Waals surface area contributed by atoms with Gasteiger partial charge in [0.2, 0.25) is 15.9 Å². The quantitative estimate of drug-likeness (QED) is 0.594. The summed E-state index contributed by atoms with van der Waals surface area (Å²) in [6, 6.07) is 11.3. The average molecular weight is 420 g/mol. The van der Waals surface area contributed by atoms with E-state index >= 15 is 0 Å². The molecule has 9 heteroatoms. The van der Waals surface area contributed by atoms with Crippen molar-refractivity contribution in [1.82, 2.24) is 0 Å². The lowest BCUT2D eigenvalue weighted by atomic mass is 10.2. The van der Waals surface area contributed by atoms with Crippen LogP contribution < -0.4 is 23.8 Å². The van der Waals surface area contributed by atoms with E-state index in [-0.39, 0.29) is 5.69 Å². The Bertz CT molecular complexity index is 957. The number of hydrogen-bond acceptors (Lipinski definition) is 6. The molecule has 0 aliphatic heterocycles. The standard InChI is InChI=1S/C20H24N2O6S/c1-5-12-28-17-9-6-15(7-10-17)21-20(23)14-22(29(4,24)25)16-8-11-18(26-2)19(13-16)27-3/h5-11,13H,1,12,14H2,2-4H3,(H,21,23). The van der Waals surface area contributed by atoms with Gasteiger partial charge in [0.05, 0.1) is 26.2 Å². The molecule has 0 heterocycles. The van der Waals surface area contributed by atoms with Gasteiger partial charge < -0.3 is 19.5 Å². The number of benzene rings is 2.